The van der Waals surface area contributed by atoms with E-state index in [0.717, 1.165) is 24.4 Å². The fraction of sp³-hybridized carbons (Fsp3) is 0.529. The van der Waals surface area contributed by atoms with Crippen molar-refractivity contribution < 1.29 is 18.7 Å². The lowest BCUT2D eigenvalue weighted by Gasteiger charge is -2.35. The number of benzene rings is 1. The van der Waals surface area contributed by atoms with Gasteiger partial charge in [0.05, 0.1) is 7.11 Å². The molecule has 0 unspecified atom stereocenters. The van der Waals surface area contributed by atoms with E-state index in [0.29, 0.717) is 26.2 Å². The van der Waals surface area contributed by atoms with Gasteiger partial charge >= 0.3 is 0 Å². The Morgan fingerprint density at radius 3 is 2.60 bits per heavy atom. The van der Waals surface area contributed by atoms with E-state index in [4.69, 9.17) is 4.74 Å². The van der Waals surface area contributed by atoms with E-state index < -0.39 is 0 Å². The van der Waals surface area contributed by atoms with Crippen molar-refractivity contribution in [2.24, 2.45) is 0 Å². The number of hydrogen-bond donors (Lipinski definition) is 0. The number of amides is 2. The van der Waals surface area contributed by atoms with Crippen LogP contribution in [0.4, 0.5) is 9.18 Å². The number of thioether (sulfide) groups is 1. The first-order valence-electron chi connectivity index (χ1n) is 8.31. The van der Waals surface area contributed by atoms with Crippen LogP contribution in [-0.2, 0) is 11.3 Å². The Balaban J connectivity index is 1.47. The molecule has 2 saturated heterocycles. The van der Waals surface area contributed by atoms with E-state index in [-0.39, 0.29) is 29.3 Å². The molecule has 0 radical (unpaired) electrons. The zero-order valence-electron chi connectivity index (χ0n) is 14.2. The fourth-order valence-corrected chi connectivity index (χ4v) is 3.88. The lowest BCUT2D eigenvalue weighted by molar-refractivity contribution is -0.133. The van der Waals surface area contributed by atoms with Crippen molar-refractivity contribution >= 4 is 22.9 Å². The number of nitrogens with zero attached hydrogens (tertiary/aromatic N) is 3. The van der Waals surface area contributed by atoms with Gasteiger partial charge in [0.1, 0.15) is 6.54 Å². The number of ether oxygens (including phenoxy) is 1. The molecule has 136 valence electrons. The zero-order valence-corrected chi connectivity index (χ0v) is 15.1. The molecule has 25 heavy (non-hydrogen) atoms. The first kappa shape index (κ1) is 18.0. The summed E-state index contributed by atoms with van der Waals surface area (Å²) < 4.78 is 18.7. The van der Waals surface area contributed by atoms with Crippen molar-refractivity contribution in [1.29, 1.82) is 0 Å². The summed E-state index contributed by atoms with van der Waals surface area (Å²) in [5.41, 5.74) is 0.887. The third-order valence-corrected chi connectivity index (χ3v) is 5.41. The van der Waals surface area contributed by atoms with Gasteiger partial charge in [-0.2, -0.15) is 0 Å². The minimum absolute atomic E-state index is 0.00555. The molecule has 0 bridgehead atoms. The largest absolute Gasteiger partial charge is 0.494 e. The molecule has 8 heteroatoms. The number of carbonyl (C=O) groups excluding carboxylic acids is 2. The van der Waals surface area contributed by atoms with Crippen LogP contribution >= 0.6 is 11.8 Å². The van der Waals surface area contributed by atoms with Crippen molar-refractivity contribution in [2.45, 2.75) is 6.54 Å². The van der Waals surface area contributed by atoms with E-state index in [2.05, 4.69) is 4.90 Å². The molecular formula is C17H22FN3O3S. The van der Waals surface area contributed by atoms with Crippen LogP contribution in [0.1, 0.15) is 5.56 Å². The molecule has 2 aliphatic heterocycles. The van der Waals surface area contributed by atoms with Gasteiger partial charge in [0.25, 0.3) is 5.24 Å². The van der Waals surface area contributed by atoms with Crippen molar-refractivity contribution in [2.75, 3.05) is 52.1 Å². The highest BCUT2D eigenvalue weighted by Crippen LogP contribution is 2.20. The van der Waals surface area contributed by atoms with E-state index in [1.165, 1.54) is 24.9 Å². The Kier molecular flexibility index (Phi) is 5.80. The third-order valence-electron chi connectivity index (χ3n) is 4.52. The number of piperazine rings is 1. The van der Waals surface area contributed by atoms with Crippen LogP contribution in [0.15, 0.2) is 18.2 Å². The van der Waals surface area contributed by atoms with Crippen molar-refractivity contribution in [3.8, 4) is 5.75 Å². The molecule has 0 N–H and O–H groups in total. The Morgan fingerprint density at radius 1 is 1.24 bits per heavy atom. The van der Waals surface area contributed by atoms with Crippen LogP contribution in [0, 0.1) is 5.82 Å². The molecule has 2 heterocycles. The Morgan fingerprint density at radius 2 is 2.00 bits per heavy atom. The topological polar surface area (TPSA) is 53.1 Å². The zero-order chi connectivity index (χ0) is 17.8. The molecule has 0 saturated carbocycles. The normalized spacial score (nSPS) is 18.7. The molecule has 1 aromatic carbocycles. The molecule has 0 spiro atoms. The SMILES string of the molecule is COc1ccc(CN2CCN(C(=O)CN3CCSC3=O)CC2)cc1F. The van der Waals surface area contributed by atoms with Gasteiger partial charge in [0.2, 0.25) is 5.91 Å². The van der Waals surface area contributed by atoms with E-state index >= 15 is 0 Å². The molecule has 0 aromatic heterocycles. The highest BCUT2D eigenvalue weighted by Gasteiger charge is 2.27. The molecular weight excluding hydrogens is 345 g/mol. The summed E-state index contributed by atoms with van der Waals surface area (Å²) in [6, 6.07) is 4.98. The van der Waals surface area contributed by atoms with E-state index in [1.54, 1.807) is 15.9 Å². The number of halogens is 1. The Labute approximate surface area is 150 Å². The highest BCUT2D eigenvalue weighted by molar-refractivity contribution is 8.13. The second-order valence-corrected chi connectivity index (χ2v) is 7.21. The highest BCUT2D eigenvalue weighted by atomic mass is 32.2. The average Bonchev–Trinajstić information content (AvgIpc) is 3.00. The third kappa shape index (κ3) is 4.43. The minimum atomic E-state index is -0.359. The molecule has 3 rings (SSSR count). The van der Waals surface area contributed by atoms with Crippen LogP contribution < -0.4 is 4.74 Å². The van der Waals surface area contributed by atoms with Crippen LogP contribution in [-0.4, -0.2) is 78.0 Å². The standard InChI is InChI=1S/C17H22FN3O3S/c1-24-15-3-2-13(10-14(15)18)11-19-4-6-20(7-5-19)16(22)12-21-8-9-25-17(21)23/h2-3,10H,4-9,11-12H2,1H3. The number of rotatable bonds is 5. The maximum atomic E-state index is 13.8. The first-order chi connectivity index (χ1) is 12.1. The quantitative estimate of drug-likeness (QED) is 0.792. The summed E-state index contributed by atoms with van der Waals surface area (Å²) >= 11 is 1.27. The summed E-state index contributed by atoms with van der Waals surface area (Å²) in [5, 5.41) is -0.00600. The second-order valence-electron chi connectivity index (χ2n) is 6.16. The lowest BCUT2D eigenvalue weighted by Crippen LogP contribution is -2.50. The van der Waals surface area contributed by atoms with Gasteiger partial charge < -0.3 is 14.5 Å². The predicted molar refractivity (Wildman–Crippen MR) is 94.2 cm³/mol. The van der Waals surface area contributed by atoms with Gasteiger partial charge in [-0.3, -0.25) is 14.5 Å². The molecule has 0 aliphatic carbocycles. The summed E-state index contributed by atoms with van der Waals surface area (Å²) in [7, 11) is 1.45. The van der Waals surface area contributed by atoms with Crippen LogP contribution in [0.5, 0.6) is 5.75 Å². The minimum Gasteiger partial charge on any atom is -0.494 e. The second kappa shape index (κ2) is 8.05. The van der Waals surface area contributed by atoms with Crippen LogP contribution in [0.2, 0.25) is 0 Å². The molecule has 0 atom stereocenters. The molecule has 1 aromatic rings. The predicted octanol–water partition coefficient (Wildman–Crippen LogP) is 1.65. The van der Waals surface area contributed by atoms with Gasteiger partial charge in [-0.1, -0.05) is 17.8 Å². The molecule has 2 amide bonds. The van der Waals surface area contributed by atoms with Crippen molar-refractivity contribution in [1.82, 2.24) is 14.7 Å². The molecule has 2 fully saturated rings. The van der Waals surface area contributed by atoms with Gasteiger partial charge in [0, 0.05) is 45.0 Å². The summed E-state index contributed by atoms with van der Waals surface area (Å²) in [6.45, 7) is 4.21. The van der Waals surface area contributed by atoms with Gasteiger partial charge in [0.15, 0.2) is 11.6 Å². The van der Waals surface area contributed by atoms with Crippen LogP contribution in [0.25, 0.3) is 0 Å². The van der Waals surface area contributed by atoms with Crippen LogP contribution in [0.3, 0.4) is 0 Å². The number of carbonyl (C=O) groups is 2. The van der Waals surface area contributed by atoms with Crippen molar-refractivity contribution in [3.63, 3.8) is 0 Å². The van der Waals surface area contributed by atoms with Gasteiger partial charge in [-0.25, -0.2) is 4.39 Å². The maximum Gasteiger partial charge on any atom is 0.282 e. The average molecular weight is 367 g/mol. The summed E-state index contributed by atoms with van der Waals surface area (Å²) in [6.07, 6.45) is 0. The molecule has 6 nitrogen and oxygen atoms in total. The van der Waals surface area contributed by atoms with Crippen molar-refractivity contribution in [3.05, 3.63) is 29.6 Å². The summed E-state index contributed by atoms with van der Waals surface area (Å²) in [4.78, 5) is 29.5. The first-order valence-corrected chi connectivity index (χ1v) is 9.29. The van der Waals surface area contributed by atoms with E-state index in [1.807, 2.05) is 6.07 Å². The van der Waals surface area contributed by atoms with E-state index in [9.17, 15) is 14.0 Å². The molecule has 2 aliphatic rings. The lowest BCUT2D eigenvalue weighted by atomic mass is 10.2. The Bertz CT molecular complexity index is 650. The van der Waals surface area contributed by atoms with Gasteiger partial charge in [-0.05, 0) is 17.7 Å². The fourth-order valence-electron chi connectivity index (χ4n) is 3.05. The number of methoxy groups -OCH3 is 1. The summed E-state index contributed by atoms with van der Waals surface area (Å²) in [5.74, 6) is 0.653. The Hall–Kier alpha value is -1.80. The maximum absolute atomic E-state index is 13.8. The monoisotopic (exact) mass is 367 g/mol. The smallest absolute Gasteiger partial charge is 0.282 e. The number of hydrogen-bond acceptors (Lipinski definition) is 5. The van der Waals surface area contributed by atoms with Gasteiger partial charge in [-0.15, -0.1) is 0 Å².